The molecule has 0 bridgehead atoms. The number of benzene rings is 3. The van der Waals surface area contributed by atoms with Crippen LogP contribution in [0.5, 0.6) is 0 Å². The van der Waals surface area contributed by atoms with E-state index in [-0.39, 0.29) is 11.8 Å². The van der Waals surface area contributed by atoms with E-state index in [1.54, 1.807) is 60.7 Å². The largest absolute Gasteiger partial charge is 0.323 e. The van der Waals surface area contributed by atoms with E-state index in [0.717, 1.165) is 11.1 Å². The fraction of sp³-hybridized carbons (Fsp3) is 0. The summed E-state index contributed by atoms with van der Waals surface area (Å²) in [6.45, 7) is 0. The molecule has 0 saturated heterocycles. The van der Waals surface area contributed by atoms with Gasteiger partial charge < -0.3 is 10.6 Å². The van der Waals surface area contributed by atoms with E-state index >= 15 is 0 Å². The second kappa shape index (κ2) is 10.4. The van der Waals surface area contributed by atoms with Crippen molar-refractivity contribution in [3.05, 3.63) is 106 Å². The van der Waals surface area contributed by atoms with Crippen molar-refractivity contribution in [1.29, 1.82) is 0 Å². The molecule has 2 N–H and O–H groups in total. The highest BCUT2D eigenvalue weighted by atomic mass is 35.5. The molecule has 0 unspecified atom stereocenters. The number of halogens is 2. The molecule has 0 spiro atoms. The first-order valence-electron chi connectivity index (χ1n) is 9.07. The maximum absolute atomic E-state index is 12.0. The Morgan fingerprint density at radius 1 is 0.567 bits per heavy atom. The van der Waals surface area contributed by atoms with E-state index in [1.165, 1.54) is 12.2 Å². The molecule has 3 aromatic carbocycles. The van der Waals surface area contributed by atoms with Crippen molar-refractivity contribution in [3.8, 4) is 0 Å². The van der Waals surface area contributed by atoms with Gasteiger partial charge in [0.25, 0.3) is 0 Å². The lowest BCUT2D eigenvalue weighted by Crippen LogP contribution is -2.09. The van der Waals surface area contributed by atoms with Crippen molar-refractivity contribution in [2.24, 2.45) is 0 Å². The molecule has 0 aliphatic rings. The lowest BCUT2D eigenvalue weighted by Gasteiger charge is -2.05. The Morgan fingerprint density at radius 3 is 1.23 bits per heavy atom. The van der Waals surface area contributed by atoms with E-state index in [0.29, 0.717) is 21.4 Å². The van der Waals surface area contributed by atoms with Crippen LogP contribution in [0.1, 0.15) is 11.1 Å². The van der Waals surface area contributed by atoms with Crippen LogP contribution in [0.4, 0.5) is 11.4 Å². The maximum atomic E-state index is 12.0. The number of carbonyl (C=O) groups is 2. The van der Waals surface area contributed by atoms with E-state index in [4.69, 9.17) is 23.2 Å². The van der Waals surface area contributed by atoms with Crippen LogP contribution in [0.25, 0.3) is 12.2 Å². The summed E-state index contributed by atoms with van der Waals surface area (Å²) < 4.78 is 0. The fourth-order valence-electron chi connectivity index (χ4n) is 2.50. The van der Waals surface area contributed by atoms with Crippen LogP contribution in [0, 0.1) is 0 Å². The topological polar surface area (TPSA) is 58.2 Å². The predicted molar refractivity (Wildman–Crippen MR) is 125 cm³/mol. The Kier molecular flexibility index (Phi) is 7.44. The van der Waals surface area contributed by atoms with Crippen molar-refractivity contribution in [2.75, 3.05) is 10.6 Å². The Bertz CT molecular complexity index is 983. The molecule has 0 radical (unpaired) electrons. The van der Waals surface area contributed by atoms with Crippen molar-refractivity contribution < 1.29 is 9.59 Å². The second-order valence-electron chi connectivity index (χ2n) is 6.33. The summed E-state index contributed by atoms with van der Waals surface area (Å²) in [5, 5.41) is 6.82. The summed E-state index contributed by atoms with van der Waals surface area (Å²) in [5.74, 6) is -0.514. The number of rotatable bonds is 6. The van der Waals surface area contributed by atoms with Gasteiger partial charge in [-0.2, -0.15) is 0 Å². The molecular weight excluding hydrogens is 419 g/mol. The first-order valence-corrected chi connectivity index (χ1v) is 9.83. The third-order valence-corrected chi connectivity index (χ3v) is 4.52. The average molecular weight is 437 g/mol. The molecule has 3 aromatic rings. The van der Waals surface area contributed by atoms with Gasteiger partial charge >= 0.3 is 0 Å². The van der Waals surface area contributed by atoms with E-state index in [1.807, 2.05) is 24.3 Å². The summed E-state index contributed by atoms with van der Waals surface area (Å²) in [4.78, 5) is 24.1. The summed E-state index contributed by atoms with van der Waals surface area (Å²) >= 11 is 11.7. The lowest BCUT2D eigenvalue weighted by atomic mass is 10.2. The lowest BCUT2D eigenvalue weighted by molar-refractivity contribution is -0.112. The van der Waals surface area contributed by atoms with Gasteiger partial charge in [0.05, 0.1) is 0 Å². The molecular formula is C24H18Cl2N2O2. The zero-order valence-electron chi connectivity index (χ0n) is 15.8. The molecule has 3 rings (SSSR count). The van der Waals surface area contributed by atoms with Gasteiger partial charge in [0.2, 0.25) is 11.8 Å². The number of amides is 2. The molecule has 0 heterocycles. The number of anilines is 2. The molecule has 30 heavy (non-hydrogen) atoms. The smallest absolute Gasteiger partial charge is 0.248 e. The number of hydrogen-bond donors (Lipinski definition) is 2. The third-order valence-electron chi connectivity index (χ3n) is 4.01. The highest BCUT2D eigenvalue weighted by Gasteiger charge is 2.01. The quantitative estimate of drug-likeness (QED) is 0.445. The number of nitrogens with one attached hydrogen (secondary N) is 2. The van der Waals surface area contributed by atoms with Crippen LogP contribution in [0.3, 0.4) is 0 Å². The summed E-state index contributed by atoms with van der Waals surface area (Å²) in [7, 11) is 0. The SMILES string of the molecule is O=C(C=Cc1ccc(Cl)cc1)Nc1ccc(NC(=O)C=Cc2ccc(Cl)cc2)cc1. The van der Waals surface area contributed by atoms with Crippen molar-refractivity contribution in [2.45, 2.75) is 0 Å². The van der Waals surface area contributed by atoms with Crippen LogP contribution in [0.2, 0.25) is 10.0 Å². The fourth-order valence-corrected chi connectivity index (χ4v) is 2.75. The number of carbonyl (C=O) groups excluding carboxylic acids is 2. The third kappa shape index (κ3) is 6.92. The monoisotopic (exact) mass is 436 g/mol. The van der Waals surface area contributed by atoms with Gasteiger partial charge in [-0.15, -0.1) is 0 Å². The molecule has 0 aliphatic heterocycles. The second-order valence-corrected chi connectivity index (χ2v) is 7.20. The van der Waals surface area contributed by atoms with Crippen LogP contribution in [-0.4, -0.2) is 11.8 Å². The first kappa shape index (κ1) is 21.4. The highest BCUT2D eigenvalue weighted by molar-refractivity contribution is 6.30. The van der Waals surface area contributed by atoms with Gasteiger partial charge in [-0.1, -0.05) is 47.5 Å². The zero-order chi connectivity index (χ0) is 21.3. The zero-order valence-corrected chi connectivity index (χ0v) is 17.3. The van der Waals surface area contributed by atoms with Crippen LogP contribution < -0.4 is 10.6 Å². The normalized spacial score (nSPS) is 11.0. The minimum Gasteiger partial charge on any atom is -0.323 e. The highest BCUT2D eigenvalue weighted by Crippen LogP contribution is 2.15. The Balaban J connectivity index is 1.51. The Morgan fingerprint density at radius 2 is 0.900 bits per heavy atom. The van der Waals surface area contributed by atoms with Gasteiger partial charge in [0, 0.05) is 33.6 Å². The molecule has 0 saturated carbocycles. The van der Waals surface area contributed by atoms with Gasteiger partial charge in [0.1, 0.15) is 0 Å². The molecule has 6 heteroatoms. The van der Waals surface area contributed by atoms with Gasteiger partial charge in [0.15, 0.2) is 0 Å². The number of hydrogen-bond acceptors (Lipinski definition) is 2. The molecule has 0 fully saturated rings. The van der Waals surface area contributed by atoms with Crippen molar-refractivity contribution in [1.82, 2.24) is 0 Å². The van der Waals surface area contributed by atoms with E-state index in [2.05, 4.69) is 10.6 Å². The van der Waals surface area contributed by atoms with Gasteiger partial charge in [-0.25, -0.2) is 0 Å². The summed E-state index contributed by atoms with van der Waals surface area (Å²) in [6, 6.07) is 21.2. The molecule has 0 atom stereocenters. The van der Waals surface area contributed by atoms with Crippen LogP contribution >= 0.6 is 23.2 Å². The van der Waals surface area contributed by atoms with E-state index in [9.17, 15) is 9.59 Å². The molecule has 0 aromatic heterocycles. The van der Waals surface area contributed by atoms with Crippen molar-refractivity contribution in [3.63, 3.8) is 0 Å². The first-order chi connectivity index (χ1) is 14.5. The molecule has 2 amide bonds. The van der Waals surface area contributed by atoms with Crippen molar-refractivity contribution >= 4 is 58.5 Å². The Labute approximate surface area is 184 Å². The molecule has 0 aliphatic carbocycles. The summed E-state index contributed by atoms with van der Waals surface area (Å²) in [6.07, 6.45) is 6.29. The van der Waals surface area contributed by atoms with Gasteiger partial charge in [-0.05, 0) is 71.8 Å². The van der Waals surface area contributed by atoms with E-state index < -0.39 is 0 Å². The predicted octanol–water partition coefficient (Wildman–Crippen LogP) is 6.30. The Hall–Kier alpha value is -3.34. The molecule has 150 valence electrons. The van der Waals surface area contributed by atoms with Crippen LogP contribution in [0.15, 0.2) is 84.9 Å². The minimum absolute atomic E-state index is 0.257. The van der Waals surface area contributed by atoms with Gasteiger partial charge in [-0.3, -0.25) is 9.59 Å². The molecule has 4 nitrogen and oxygen atoms in total. The average Bonchev–Trinajstić information content (AvgIpc) is 2.74. The standard InChI is InChI=1S/C24H18Cl2N2O2/c25-19-7-1-17(2-8-19)5-15-23(29)27-21-11-13-22(14-12-21)28-24(30)16-6-18-3-9-20(26)10-4-18/h1-16H,(H,27,29)(H,28,30). The summed E-state index contributed by atoms with van der Waals surface area (Å²) in [5.41, 5.74) is 2.99. The maximum Gasteiger partial charge on any atom is 0.248 e. The van der Waals surface area contributed by atoms with Crippen LogP contribution in [-0.2, 0) is 9.59 Å². The minimum atomic E-state index is -0.257.